The molecule has 2 aromatic heterocycles. The van der Waals surface area contributed by atoms with Crippen molar-refractivity contribution in [3.63, 3.8) is 0 Å². The first-order chi connectivity index (χ1) is 12.3. The van der Waals surface area contributed by atoms with E-state index >= 15 is 0 Å². The lowest BCUT2D eigenvalue weighted by Crippen LogP contribution is -2.26. The van der Waals surface area contributed by atoms with Crippen LogP contribution in [0.2, 0.25) is 0 Å². The van der Waals surface area contributed by atoms with Crippen molar-refractivity contribution < 1.29 is 14.3 Å². The Bertz CT molecular complexity index is 900. The minimum atomic E-state index is -0.788. The Morgan fingerprint density at radius 3 is 2.46 bits per heavy atom. The van der Waals surface area contributed by atoms with Crippen molar-refractivity contribution in [2.75, 3.05) is 0 Å². The number of rotatable bonds is 3. The van der Waals surface area contributed by atoms with Gasteiger partial charge in [-0.25, -0.2) is 9.78 Å². The van der Waals surface area contributed by atoms with Crippen LogP contribution in [0.15, 0.2) is 54.7 Å². The highest BCUT2D eigenvalue weighted by molar-refractivity contribution is 14.1. The molecular formula is C19H18IN3O3. The number of pyridine rings is 1. The molecule has 0 atom stereocenters. The molecule has 2 heterocycles. The fraction of sp³-hybridized carbons (Fsp3) is 0.211. The average Bonchev–Trinajstić information content (AvgIpc) is 2.98. The second kappa shape index (κ2) is 7.45. The van der Waals surface area contributed by atoms with Crippen molar-refractivity contribution in [1.82, 2.24) is 14.8 Å². The summed E-state index contributed by atoms with van der Waals surface area (Å²) in [5, 5.41) is 4.55. The van der Waals surface area contributed by atoms with Gasteiger partial charge in [-0.05, 0) is 67.6 Å². The first-order valence-electron chi connectivity index (χ1n) is 8.00. The zero-order valence-electron chi connectivity index (χ0n) is 14.6. The summed E-state index contributed by atoms with van der Waals surface area (Å²) < 4.78 is 13.2. The number of aromatic nitrogens is 3. The molecule has 1 aromatic carbocycles. The van der Waals surface area contributed by atoms with Crippen LogP contribution in [0.25, 0.3) is 17.1 Å². The molecule has 0 aliphatic heterocycles. The van der Waals surface area contributed by atoms with Crippen molar-refractivity contribution in [3.8, 4) is 23.0 Å². The minimum Gasteiger partial charge on any atom is -0.428 e. The lowest BCUT2D eigenvalue weighted by molar-refractivity contribution is 0.0192. The Morgan fingerprint density at radius 2 is 1.85 bits per heavy atom. The highest BCUT2D eigenvalue weighted by atomic mass is 127. The van der Waals surface area contributed by atoms with Crippen LogP contribution >= 0.6 is 22.6 Å². The maximum atomic E-state index is 12.1. The van der Waals surface area contributed by atoms with E-state index in [-0.39, 0.29) is 5.88 Å². The van der Waals surface area contributed by atoms with Gasteiger partial charge in [0.15, 0.2) is 5.82 Å². The van der Waals surface area contributed by atoms with Crippen molar-refractivity contribution in [2.45, 2.75) is 26.4 Å². The van der Waals surface area contributed by atoms with Gasteiger partial charge >= 0.3 is 6.16 Å². The van der Waals surface area contributed by atoms with E-state index in [1.54, 1.807) is 45.2 Å². The van der Waals surface area contributed by atoms with Crippen LogP contribution in [-0.4, -0.2) is 26.5 Å². The lowest BCUT2D eigenvalue weighted by atomic mass is 10.2. The molecule has 0 spiro atoms. The van der Waals surface area contributed by atoms with Crippen molar-refractivity contribution in [1.29, 1.82) is 0 Å². The van der Waals surface area contributed by atoms with E-state index in [9.17, 15) is 4.79 Å². The summed E-state index contributed by atoms with van der Waals surface area (Å²) in [6.07, 6.45) is 0.863. The quantitative estimate of drug-likeness (QED) is 0.411. The second-order valence-electron chi connectivity index (χ2n) is 6.54. The number of hydrogen-bond acceptors (Lipinski definition) is 5. The van der Waals surface area contributed by atoms with Gasteiger partial charge in [0.1, 0.15) is 5.60 Å². The molecule has 26 heavy (non-hydrogen) atoms. The number of nitrogens with zero attached hydrogens (tertiary/aromatic N) is 3. The Hall–Kier alpha value is -2.42. The van der Waals surface area contributed by atoms with Crippen LogP contribution in [0.4, 0.5) is 4.79 Å². The molecule has 6 nitrogen and oxygen atoms in total. The van der Waals surface area contributed by atoms with E-state index in [2.05, 4.69) is 32.7 Å². The molecule has 0 amide bonds. The number of benzene rings is 1. The van der Waals surface area contributed by atoms with Crippen molar-refractivity contribution in [3.05, 3.63) is 58.3 Å². The van der Waals surface area contributed by atoms with Crippen LogP contribution in [0, 0.1) is 3.57 Å². The molecule has 0 bridgehead atoms. The number of carbonyl (C=O) groups is 1. The van der Waals surface area contributed by atoms with Gasteiger partial charge in [-0.1, -0.05) is 18.2 Å². The summed E-state index contributed by atoms with van der Waals surface area (Å²) in [6, 6.07) is 15.0. The fourth-order valence-corrected chi connectivity index (χ4v) is 2.56. The molecule has 7 heteroatoms. The topological polar surface area (TPSA) is 66.2 Å². The maximum Gasteiger partial charge on any atom is 0.515 e. The molecular weight excluding hydrogens is 445 g/mol. The van der Waals surface area contributed by atoms with Gasteiger partial charge in [-0.3, -0.25) is 0 Å². The third-order valence-electron chi connectivity index (χ3n) is 3.26. The van der Waals surface area contributed by atoms with E-state index in [4.69, 9.17) is 9.47 Å². The molecule has 0 radical (unpaired) electrons. The first kappa shape index (κ1) is 18.4. The highest BCUT2D eigenvalue weighted by Crippen LogP contribution is 2.27. The van der Waals surface area contributed by atoms with E-state index in [0.717, 1.165) is 9.13 Å². The van der Waals surface area contributed by atoms with Gasteiger partial charge in [0.05, 0.1) is 5.69 Å². The summed E-state index contributed by atoms with van der Waals surface area (Å²) in [5.41, 5.74) is 0.936. The molecule has 0 aliphatic carbocycles. The van der Waals surface area contributed by atoms with Crippen molar-refractivity contribution in [2.24, 2.45) is 0 Å². The molecule has 134 valence electrons. The number of halogens is 1. The van der Waals surface area contributed by atoms with Gasteiger partial charge in [0, 0.05) is 21.4 Å². The van der Waals surface area contributed by atoms with E-state index in [1.165, 1.54) is 4.68 Å². The third-order valence-corrected chi connectivity index (χ3v) is 3.98. The molecule has 0 N–H and O–H groups in total. The Labute approximate surface area is 165 Å². The van der Waals surface area contributed by atoms with Gasteiger partial charge in [-0.15, -0.1) is 0 Å². The van der Waals surface area contributed by atoms with Crippen LogP contribution in [0.5, 0.6) is 5.88 Å². The van der Waals surface area contributed by atoms with Gasteiger partial charge in [0.2, 0.25) is 5.88 Å². The number of carbonyl (C=O) groups excluding carboxylic acids is 1. The fourth-order valence-electron chi connectivity index (χ4n) is 2.20. The smallest absolute Gasteiger partial charge is 0.428 e. The number of ether oxygens (including phenoxy) is 2. The van der Waals surface area contributed by atoms with Crippen LogP contribution in [-0.2, 0) is 4.74 Å². The maximum absolute atomic E-state index is 12.1. The number of hydrogen-bond donors (Lipinski definition) is 0. The lowest BCUT2D eigenvalue weighted by Gasteiger charge is -2.18. The summed E-state index contributed by atoms with van der Waals surface area (Å²) >= 11 is 2.24. The van der Waals surface area contributed by atoms with E-state index < -0.39 is 11.8 Å². The minimum absolute atomic E-state index is 0.242. The van der Waals surface area contributed by atoms with Gasteiger partial charge in [0.25, 0.3) is 0 Å². The largest absolute Gasteiger partial charge is 0.515 e. The Morgan fingerprint density at radius 1 is 1.12 bits per heavy atom. The second-order valence-corrected chi connectivity index (χ2v) is 7.79. The summed E-state index contributed by atoms with van der Waals surface area (Å²) in [5.74, 6) is 0.786. The summed E-state index contributed by atoms with van der Waals surface area (Å²) in [6.45, 7) is 5.34. The molecule has 0 unspecified atom stereocenters. The molecule has 3 aromatic rings. The predicted octanol–water partition coefficient (Wildman–Crippen LogP) is 4.85. The Balaban J connectivity index is 1.98. The third kappa shape index (κ3) is 4.60. The van der Waals surface area contributed by atoms with Crippen molar-refractivity contribution >= 4 is 28.7 Å². The SMILES string of the molecule is CC(C)(C)OC(=O)Oc1cc(-c2ccc(I)cc2)nn1-c1ccccn1. The van der Waals surface area contributed by atoms with Crippen LogP contribution in [0.3, 0.4) is 0 Å². The zero-order valence-corrected chi connectivity index (χ0v) is 16.8. The van der Waals surface area contributed by atoms with Gasteiger partial charge in [-0.2, -0.15) is 9.78 Å². The van der Waals surface area contributed by atoms with Gasteiger partial charge < -0.3 is 9.47 Å². The molecule has 0 aliphatic rings. The molecule has 0 saturated carbocycles. The summed E-state index contributed by atoms with van der Waals surface area (Å²) in [4.78, 5) is 16.4. The predicted molar refractivity (Wildman–Crippen MR) is 106 cm³/mol. The van der Waals surface area contributed by atoms with E-state index in [1.807, 2.05) is 30.3 Å². The first-order valence-corrected chi connectivity index (χ1v) is 9.08. The monoisotopic (exact) mass is 463 g/mol. The van der Waals surface area contributed by atoms with Crippen LogP contribution < -0.4 is 4.74 Å². The molecule has 3 rings (SSSR count). The molecule has 0 fully saturated rings. The Kier molecular flexibility index (Phi) is 5.26. The van der Waals surface area contributed by atoms with E-state index in [0.29, 0.717) is 11.5 Å². The summed E-state index contributed by atoms with van der Waals surface area (Å²) in [7, 11) is 0. The molecule has 0 saturated heterocycles. The average molecular weight is 463 g/mol. The van der Waals surface area contributed by atoms with Crippen LogP contribution in [0.1, 0.15) is 20.8 Å². The zero-order chi connectivity index (χ0) is 18.7. The normalized spacial score (nSPS) is 11.2. The highest BCUT2D eigenvalue weighted by Gasteiger charge is 2.21. The standard InChI is InChI=1S/C19H18IN3O3/c1-19(2,3)26-18(24)25-17-12-15(13-7-9-14(20)10-8-13)22-23(17)16-6-4-5-11-21-16/h4-12H,1-3H3.